The summed E-state index contributed by atoms with van der Waals surface area (Å²) in [5.41, 5.74) is 1.01. The monoisotopic (exact) mass is 288 g/mol. The lowest BCUT2D eigenvalue weighted by molar-refractivity contribution is -0.203. The zero-order valence-corrected chi connectivity index (χ0v) is 10.2. The Morgan fingerprint density at radius 2 is 1.90 bits per heavy atom. The Bertz CT molecular complexity index is 596. The van der Waals surface area contributed by atoms with E-state index in [0.29, 0.717) is 35.7 Å². The third-order valence-corrected chi connectivity index (χ3v) is 2.96. The summed E-state index contributed by atoms with van der Waals surface area (Å²) in [6.45, 7) is 0.842. The van der Waals surface area contributed by atoms with Gasteiger partial charge in [-0.05, 0) is 0 Å². The Labute approximate surface area is 111 Å². The number of aliphatic hydroxyl groups excluding tert-OH is 1. The fourth-order valence-electron chi connectivity index (χ4n) is 2.00. The van der Waals surface area contributed by atoms with Gasteiger partial charge in [-0.3, -0.25) is 0 Å². The van der Waals surface area contributed by atoms with Gasteiger partial charge in [0.2, 0.25) is 0 Å². The molecule has 0 amide bonds. The van der Waals surface area contributed by atoms with Crippen LogP contribution in [0.4, 0.5) is 13.2 Å². The van der Waals surface area contributed by atoms with Crippen molar-refractivity contribution in [1.82, 2.24) is 9.97 Å². The van der Waals surface area contributed by atoms with Gasteiger partial charge < -0.3 is 19.6 Å². The van der Waals surface area contributed by atoms with E-state index >= 15 is 0 Å². The summed E-state index contributed by atoms with van der Waals surface area (Å²) in [6, 6.07) is 3.23. The first-order valence-electron chi connectivity index (χ1n) is 5.96. The minimum Gasteiger partial charge on any atom is -0.486 e. The molecule has 108 valence electrons. The second-order valence-electron chi connectivity index (χ2n) is 4.46. The van der Waals surface area contributed by atoms with E-state index in [1.807, 2.05) is 0 Å². The average Bonchev–Trinajstić information content (AvgIpc) is 2.75. The highest BCUT2D eigenvalue weighted by molar-refractivity contribution is 5.79. The molecule has 8 heteroatoms. The maximum atomic E-state index is 12.3. The van der Waals surface area contributed by atoms with E-state index in [0.717, 1.165) is 0 Å². The van der Waals surface area contributed by atoms with Crippen LogP contribution in [0.5, 0.6) is 11.5 Å². The largest absolute Gasteiger partial charge is 0.486 e. The Balaban J connectivity index is 1.91. The number of ether oxygens (including phenoxy) is 2. The van der Waals surface area contributed by atoms with Gasteiger partial charge in [0.1, 0.15) is 19.0 Å². The molecule has 1 unspecified atom stereocenters. The van der Waals surface area contributed by atoms with Crippen LogP contribution in [0.3, 0.4) is 0 Å². The molecule has 20 heavy (non-hydrogen) atoms. The number of aromatic nitrogens is 2. The van der Waals surface area contributed by atoms with E-state index < -0.39 is 18.7 Å². The molecular weight excluding hydrogens is 277 g/mol. The van der Waals surface area contributed by atoms with Gasteiger partial charge in [0.15, 0.2) is 17.6 Å². The van der Waals surface area contributed by atoms with E-state index in [4.69, 9.17) is 14.6 Å². The van der Waals surface area contributed by atoms with Gasteiger partial charge in [-0.2, -0.15) is 13.2 Å². The molecule has 0 spiro atoms. The van der Waals surface area contributed by atoms with Crippen molar-refractivity contribution >= 4 is 11.0 Å². The van der Waals surface area contributed by atoms with Crippen molar-refractivity contribution in [3.8, 4) is 11.5 Å². The number of H-pyrrole nitrogens is 1. The first-order valence-corrected chi connectivity index (χ1v) is 5.96. The Morgan fingerprint density at radius 1 is 1.25 bits per heavy atom. The fraction of sp³-hybridized carbons (Fsp3) is 0.417. The van der Waals surface area contributed by atoms with Crippen molar-refractivity contribution in [3.63, 3.8) is 0 Å². The zero-order valence-electron chi connectivity index (χ0n) is 10.2. The average molecular weight is 288 g/mol. The number of hydrogen-bond donors (Lipinski definition) is 2. The lowest BCUT2D eigenvalue weighted by Gasteiger charge is -2.17. The molecule has 5 nitrogen and oxygen atoms in total. The van der Waals surface area contributed by atoms with Gasteiger partial charge in [0.05, 0.1) is 11.0 Å². The second kappa shape index (κ2) is 4.55. The molecule has 1 aliphatic rings. The van der Waals surface area contributed by atoms with Crippen LogP contribution in [0.25, 0.3) is 11.0 Å². The van der Waals surface area contributed by atoms with E-state index in [1.54, 1.807) is 12.1 Å². The van der Waals surface area contributed by atoms with Crippen LogP contribution in [0.15, 0.2) is 12.1 Å². The summed E-state index contributed by atoms with van der Waals surface area (Å²) in [6.07, 6.45) is -7.72. The summed E-state index contributed by atoms with van der Waals surface area (Å²) in [5.74, 6) is 1.10. The summed E-state index contributed by atoms with van der Waals surface area (Å²) in [5, 5.41) is 9.04. The van der Waals surface area contributed by atoms with Crippen molar-refractivity contribution in [1.29, 1.82) is 0 Å². The molecule has 0 bridgehead atoms. The topological polar surface area (TPSA) is 67.4 Å². The smallest absolute Gasteiger partial charge is 0.414 e. The number of imidazole rings is 1. The zero-order chi connectivity index (χ0) is 14.3. The van der Waals surface area contributed by atoms with Crippen LogP contribution in [0.2, 0.25) is 0 Å². The van der Waals surface area contributed by atoms with E-state index in [2.05, 4.69) is 9.97 Å². The Kier molecular flexibility index (Phi) is 2.97. The molecule has 1 atom stereocenters. The van der Waals surface area contributed by atoms with Crippen LogP contribution < -0.4 is 9.47 Å². The fourth-order valence-corrected chi connectivity index (χ4v) is 2.00. The summed E-state index contributed by atoms with van der Waals surface area (Å²) >= 11 is 0. The predicted octanol–water partition coefficient (Wildman–Crippen LogP) is 1.80. The van der Waals surface area contributed by atoms with Crippen LogP contribution in [0.1, 0.15) is 5.82 Å². The van der Waals surface area contributed by atoms with Crippen LogP contribution in [-0.2, 0) is 6.42 Å². The van der Waals surface area contributed by atoms with E-state index in [1.165, 1.54) is 0 Å². The number of fused-ring (bicyclic) bond motifs is 2. The number of alkyl halides is 3. The lowest BCUT2D eigenvalue weighted by atomic mass is 10.2. The molecule has 2 N–H and O–H groups in total. The molecule has 2 aromatic rings. The van der Waals surface area contributed by atoms with Gasteiger partial charge in [-0.15, -0.1) is 0 Å². The third kappa shape index (κ3) is 2.38. The number of aromatic amines is 1. The molecular formula is C12H11F3N2O3. The number of hydrogen-bond acceptors (Lipinski definition) is 4. The number of nitrogens with one attached hydrogen (secondary N) is 1. The highest BCUT2D eigenvalue weighted by Crippen LogP contribution is 2.34. The summed E-state index contributed by atoms with van der Waals surface area (Å²) in [4.78, 5) is 6.77. The molecule has 3 rings (SSSR count). The van der Waals surface area contributed by atoms with Crippen molar-refractivity contribution in [2.75, 3.05) is 13.2 Å². The lowest BCUT2D eigenvalue weighted by Crippen LogP contribution is -2.30. The minimum atomic E-state index is -4.66. The molecule has 2 heterocycles. The molecule has 1 aromatic carbocycles. The normalized spacial score (nSPS) is 16.4. The minimum absolute atomic E-state index is 0.0622. The van der Waals surface area contributed by atoms with Gasteiger partial charge >= 0.3 is 6.18 Å². The first kappa shape index (κ1) is 13.0. The van der Waals surface area contributed by atoms with Crippen molar-refractivity contribution in [2.24, 2.45) is 0 Å². The third-order valence-electron chi connectivity index (χ3n) is 2.96. The summed E-state index contributed by atoms with van der Waals surface area (Å²) < 4.78 is 47.7. The van der Waals surface area contributed by atoms with Crippen LogP contribution in [0, 0.1) is 0 Å². The molecule has 1 aliphatic heterocycles. The quantitative estimate of drug-likeness (QED) is 0.884. The molecule has 0 saturated carbocycles. The first-order chi connectivity index (χ1) is 9.43. The summed E-state index contributed by atoms with van der Waals surface area (Å²) in [7, 11) is 0. The van der Waals surface area contributed by atoms with Gasteiger partial charge in [0, 0.05) is 18.6 Å². The number of aliphatic hydroxyl groups is 1. The predicted molar refractivity (Wildman–Crippen MR) is 62.8 cm³/mol. The van der Waals surface area contributed by atoms with Gasteiger partial charge in [-0.1, -0.05) is 0 Å². The number of nitrogens with zero attached hydrogens (tertiary/aromatic N) is 1. The molecule has 0 aliphatic carbocycles. The highest BCUT2D eigenvalue weighted by atomic mass is 19.4. The van der Waals surface area contributed by atoms with Gasteiger partial charge in [-0.25, -0.2) is 4.98 Å². The molecule has 0 saturated heterocycles. The number of halogens is 3. The van der Waals surface area contributed by atoms with Gasteiger partial charge in [0.25, 0.3) is 0 Å². The second-order valence-corrected chi connectivity index (χ2v) is 4.46. The van der Waals surface area contributed by atoms with Crippen LogP contribution in [-0.4, -0.2) is 40.6 Å². The number of benzene rings is 1. The Hall–Kier alpha value is -1.96. The standard InChI is InChI=1S/C12H11F3N2O3/c13-12(14,15)10(18)5-11-16-6-3-8-9(4-7(6)17-11)20-2-1-19-8/h3-4,10,18H,1-2,5H2,(H,16,17). The van der Waals surface area contributed by atoms with E-state index in [-0.39, 0.29) is 5.82 Å². The molecule has 0 fully saturated rings. The maximum Gasteiger partial charge on any atom is 0.414 e. The van der Waals surface area contributed by atoms with Crippen LogP contribution >= 0.6 is 0 Å². The molecule has 1 aromatic heterocycles. The van der Waals surface area contributed by atoms with Crippen molar-refractivity contribution in [2.45, 2.75) is 18.7 Å². The van der Waals surface area contributed by atoms with E-state index in [9.17, 15) is 13.2 Å². The highest BCUT2D eigenvalue weighted by Gasteiger charge is 2.38. The van der Waals surface area contributed by atoms with Crippen molar-refractivity contribution < 1.29 is 27.8 Å². The Morgan fingerprint density at radius 3 is 2.55 bits per heavy atom. The maximum absolute atomic E-state index is 12.3. The number of rotatable bonds is 2. The van der Waals surface area contributed by atoms with Crippen molar-refractivity contribution in [3.05, 3.63) is 18.0 Å². The molecule has 0 radical (unpaired) electrons. The SMILES string of the molecule is OC(Cc1nc2cc3c(cc2[nH]1)OCCO3)C(F)(F)F.